The van der Waals surface area contributed by atoms with E-state index >= 15 is 0 Å². The lowest BCUT2D eigenvalue weighted by Gasteiger charge is -2.32. The Balaban J connectivity index is 1.55. The molecule has 1 aliphatic rings. The fourth-order valence-corrected chi connectivity index (χ4v) is 3.44. The minimum atomic E-state index is -0.317. The van der Waals surface area contributed by atoms with Crippen molar-refractivity contribution in [3.05, 3.63) is 59.7 Å². The first-order valence-electron chi connectivity index (χ1n) is 10.7. The second-order valence-corrected chi connectivity index (χ2v) is 8.72. The summed E-state index contributed by atoms with van der Waals surface area (Å²) in [6, 6.07) is 14.1. The van der Waals surface area contributed by atoms with Gasteiger partial charge in [-0.25, -0.2) is 0 Å². The SMILES string of the molecule is CC(C)COc1ccc(C(=O)NC(=S)Nc2cccc(C(=O)N3CCN(C)CC3)c2)cc1. The lowest BCUT2D eigenvalue weighted by Crippen LogP contribution is -2.47. The summed E-state index contributed by atoms with van der Waals surface area (Å²) < 4.78 is 5.64. The third-order valence-corrected chi connectivity index (χ3v) is 5.29. The van der Waals surface area contributed by atoms with Gasteiger partial charge in [0.15, 0.2) is 5.11 Å². The highest BCUT2D eigenvalue weighted by atomic mass is 32.1. The maximum atomic E-state index is 12.8. The molecular weight excluding hydrogens is 424 g/mol. The van der Waals surface area contributed by atoms with E-state index < -0.39 is 0 Å². The first kappa shape index (κ1) is 23.7. The number of amides is 2. The molecule has 2 aromatic rings. The molecule has 0 spiro atoms. The van der Waals surface area contributed by atoms with Crippen molar-refractivity contribution in [1.29, 1.82) is 0 Å². The maximum Gasteiger partial charge on any atom is 0.257 e. The van der Waals surface area contributed by atoms with E-state index in [9.17, 15) is 9.59 Å². The van der Waals surface area contributed by atoms with E-state index in [1.165, 1.54) is 0 Å². The molecule has 0 unspecified atom stereocenters. The first-order valence-corrected chi connectivity index (χ1v) is 11.2. The molecule has 32 heavy (non-hydrogen) atoms. The van der Waals surface area contributed by atoms with Crippen LogP contribution in [0.3, 0.4) is 0 Å². The molecule has 3 rings (SSSR count). The van der Waals surface area contributed by atoms with Crippen LogP contribution in [0.25, 0.3) is 0 Å². The number of benzene rings is 2. The Morgan fingerprint density at radius 3 is 2.38 bits per heavy atom. The number of ether oxygens (including phenoxy) is 1. The summed E-state index contributed by atoms with van der Waals surface area (Å²) >= 11 is 5.29. The molecule has 1 heterocycles. The van der Waals surface area contributed by atoms with E-state index in [4.69, 9.17) is 17.0 Å². The summed E-state index contributed by atoms with van der Waals surface area (Å²) in [6.45, 7) is 7.93. The number of nitrogens with zero attached hydrogens (tertiary/aromatic N) is 2. The third kappa shape index (κ3) is 6.77. The lowest BCUT2D eigenvalue weighted by molar-refractivity contribution is 0.0664. The summed E-state index contributed by atoms with van der Waals surface area (Å²) in [5.74, 6) is 0.827. The largest absolute Gasteiger partial charge is 0.493 e. The monoisotopic (exact) mass is 454 g/mol. The van der Waals surface area contributed by atoms with Gasteiger partial charge in [-0.1, -0.05) is 19.9 Å². The molecule has 7 nitrogen and oxygen atoms in total. The number of nitrogens with one attached hydrogen (secondary N) is 2. The number of rotatable bonds is 6. The number of likely N-dealkylation sites (N-methyl/N-ethyl adjacent to an activating group) is 1. The Morgan fingerprint density at radius 1 is 1.03 bits per heavy atom. The summed E-state index contributed by atoms with van der Waals surface area (Å²) in [4.78, 5) is 29.3. The van der Waals surface area contributed by atoms with Crippen LogP contribution in [0, 0.1) is 5.92 Å². The van der Waals surface area contributed by atoms with E-state index in [1.807, 2.05) is 4.90 Å². The van der Waals surface area contributed by atoms with E-state index in [0.717, 1.165) is 18.8 Å². The van der Waals surface area contributed by atoms with E-state index in [0.29, 0.717) is 42.4 Å². The maximum absolute atomic E-state index is 12.8. The molecule has 0 atom stereocenters. The first-order chi connectivity index (χ1) is 15.3. The van der Waals surface area contributed by atoms with Gasteiger partial charge in [-0.3, -0.25) is 14.9 Å². The lowest BCUT2D eigenvalue weighted by atomic mass is 10.1. The predicted molar refractivity (Wildman–Crippen MR) is 130 cm³/mol. The molecular formula is C24H30N4O3S. The van der Waals surface area contributed by atoms with Crippen molar-refractivity contribution in [1.82, 2.24) is 15.1 Å². The molecule has 2 aromatic carbocycles. The van der Waals surface area contributed by atoms with Gasteiger partial charge in [-0.05, 0) is 67.6 Å². The zero-order valence-corrected chi connectivity index (χ0v) is 19.6. The minimum Gasteiger partial charge on any atom is -0.493 e. The zero-order valence-electron chi connectivity index (χ0n) is 18.8. The average molecular weight is 455 g/mol. The van der Waals surface area contributed by atoms with Gasteiger partial charge in [-0.15, -0.1) is 0 Å². The van der Waals surface area contributed by atoms with Crippen LogP contribution in [0.5, 0.6) is 5.75 Å². The number of thiocarbonyl (C=S) groups is 1. The van der Waals surface area contributed by atoms with Crippen molar-refractivity contribution in [3.63, 3.8) is 0 Å². The van der Waals surface area contributed by atoms with Gasteiger partial charge in [0.2, 0.25) is 0 Å². The quantitative estimate of drug-likeness (QED) is 0.653. The standard InChI is InChI=1S/C24H30N4O3S/c1-17(2)16-31-21-9-7-18(8-10-21)22(29)26-24(32)25-20-6-4-5-19(15-20)23(30)28-13-11-27(3)12-14-28/h4-10,15,17H,11-14,16H2,1-3H3,(H2,25,26,29,32). The van der Waals surface area contributed by atoms with Crippen molar-refractivity contribution in [2.24, 2.45) is 5.92 Å². The van der Waals surface area contributed by atoms with E-state index in [-0.39, 0.29) is 16.9 Å². The van der Waals surface area contributed by atoms with E-state index in [1.54, 1.807) is 48.5 Å². The second-order valence-electron chi connectivity index (χ2n) is 8.31. The summed E-state index contributed by atoms with van der Waals surface area (Å²) in [7, 11) is 2.05. The number of hydrogen-bond acceptors (Lipinski definition) is 5. The van der Waals surface area contributed by atoms with Crippen molar-refractivity contribution < 1.29 is 14.3 Å². The Kier molecular flexibility index (Phi) is 8.19. The van der Waals surface area contributed by atoms with Gasteiger partial charge >= 0.3 is 0 Å². The van der Waals surface area contributed by atoms with Gasteiger partial charge in [-0.2, -0.15) is 0 Å². The zero-order chi connectivity index (χ0) is 23.1. The summed E-state index contributed by atoms with van der Waals surface area (Å²) in [6.07, 6.45) is 0. The van der Waals surface area contributed by atoms with E-state index in [2.05, 4.69) is 36.4 Å². The molecule has 1 aliphatic heterocycles. The highest BCUT2D eigenvalue weighted by Gasteiger charge is 2.20. The fraction of sp³-hybridized carbons (Fsp3) is 0.375. The molecule has 2 amide bonds. The van der Waals surface area contributed by atoms with Crippen molar-refractivity contribution >= 4 is 34.8 Å². The Bertz CT molecular complexity index is 954. The van der Waals surface area contributed by atoms with Gasteiger partial charge in [0.05, 0.1) is 6.61 Å². The molecule has 0 saturated carbocycles. The number of piperazine rings is 1. The number of anilines is 1. The van der Waals surface area contributed by atoms with Crippen LogP contribution >= 0.6 is 12.2 Å². The second kappa shape index (κ2) is 11.1. The van der Waals surface area contributed by atoms with Crippen LogP contribution < -0.4 is 15.4 Å². The topological polar surface area (TPSA) is 73.9 Å². The van der Waals surface area contributed by atoms with Gasteiger partial charge in [0, 0.05) is 43.0 Å². The van der Waals surface area contributed by atoms with Gasteiger partial charge < -0.3 is 19.9 Å². The molecule has 1 saturated heterocycles. The summed E-state index contributed by atoms with van der Waals surface area (Å²) in [5.41, 5.74) is 1.71. The molecule has 0 radical (unpaired) electrons. The van der Waals surface area contributed by atoms with Crippen molar-refractivity contribution in [2.75, 3.05) is 45.2 Å². The van der Waals surface area contributed by atoms with Crippen molar-refractivity contribution in [3.8, 4) is 5.75 Å². The minimum absolute atomic E-state index is 0.00326. The Hall–Kier alpha value is -2.97. The van der Waals surface area contributed by atoms with Gasteiger partial charge in [0.25, 0.3) is 11.8 Å². The average Bonchev–Trinajstić information content (AvgIpc) is 2.78. The van der Waals surface area contributed by atoms with Crippen molar-refractivity contribution in [2.45, 2.75) is 13.8 Å². The molecule has 0 bridgehead atoms. The Morgan fingerprint density at radius 2 is 1.72 bits per heavy atom. The van der Waals surface area contributed by atoms with Crippen LogP contribution in [0.15, 0.2) is 48.5 Å². The molecule has 0 aliphatic carbocycles. The molecule has 1 fully saturated rings. The van der Waals surface area contributed by atoms with Crippen LogP contribution in [0.4, 0.5) is 5.69 Å². The third-order valence-electron chi connectivity index (χ3n) is 5.08. The molecule has 8 heteroatoms. The number of carbonyl (C=O) groups is 2. The van der Waals surface area contributed by atoms with Crippen LogP contribution in [0.2, 0.25) is 0 Å². The molecule has 170 valence electrons. The number of hydrogen-bond donors (Lipinski definition) is 2. The number of carbonyl (C=O) groups excluding carboxylic acids is 2. The fourth-order valence-electron chi connectivity index (χ4n) is 3.23. The van der Waals surface area contributed by atoms with Crippen LogP contribution in [0.1, 0.15) is 34.6 Å². The van der Waals surface area contributed by atoms with Crippen LogP contribution in [-0.2, 0) is 0 Å². The predicted octanol–water partition coefficient (Wildman–Crippen LogP) is 3.24. The van der Waals surface area contributed by atoms with Gasteiger partial charge in [0.1, 0.15) is 5.75 Å². The highest BCUT2D eigenvalue weighted by Crippen LogP contribution is 2.15. The summed E-state index contributed by atoms with van der Waals surface area (Å²) in [5, 5.41) is 5.82. The smallest absolute Gasteiger partial charge is 0.257 e. The highest BCUT2D eigenvalue weighted by molar-refractivity contribution is 7.80. The van der Waals surface area contributed by atoms with Crippen LogP contribution in [-0.4, -0.2) is 66.6 Å². The normalized spacial score (nSPS) is 14.2. The molecule has 2 N–H and O–H groups in total. The Labute approximate surface area is 194 Å². The molecule has 0 aromatic heterocycles.